The predicted molar refractivity (Wildman–Crippen MR) is 74.3 cm³/mol. The highest BCUT2D eigenvalue weighted by atomic mass is 19.1. The summed E-state index contributed by atoms with van der Waals surface area (Å²) in [7, 11) is 0. The van der Waals surface area contributed by atoms with Crippen LogP contribution in [0.15, 0.2) is 28.7 Å². The SMILES string of the molecule is NC(CC1CCCCC1)c1cc2cccc(F)c2o1. The minimum atomic E-state index is -0.311. The third kappa shape index (κ3) is 2.66. The summed E-state index contributed by atoms with van der Waals surface area (Å²) in [5, 5.41) is 0.800. The molecule has 2 N–H and O–H groups in total. The Labute approximate surface area is 112 Å². The number of hydrogen-bond acceptors (Lipinski definition) is 2. The van der Waals surface area contributed by atoms with Gasteiger partial charge in [0.25, 0.3) is 0 Å². The molecule has 1 aromatic heterocycles. The fourth-order valence-corrected chi connectivity index (χ4v) is 3.13. The molecule has 1 aliphatic rings. The normalized spacial score (nSPS) is 18.8. The number of furan rings is 1. The molecule has 1 unspecified atom stereocenters. The van der Waals surface area contributed by atoms with Gasteiger partial charge in [-0.2, -0.15) is 0 Å². The molecule has 1 atom stereocenters. The maximum absolute atomic E-state index is 13.6. The molecule has 19 heavy (non-hydrogen) atoms. The summed E-state index contributed by atoms with van der Waals surface area (Å²) in [5.41, 5.74) is 6.55. The molecule has 1 saturated carbocycles. The van der Waals surface area contributed by atoms with E-state index in [-0.39, 0.29) is 11.9 Å². The van der Waals surface area contributed by atoms with E-state index in [1.165, 1.54) is 38.2 Å². The van der Waals surface area contributed by atoms with E-state index in [0.717, 1.165) is 11.8 Å². The van der Waals surface area contributed by atoms with Crippen LogP contribution in [0.1, 0.15) is 50.3 Å². The molecule has 0 saturated heterocycles. The average Bonchev–Trinajstić information content (AvgIpc) is 2.85. The standard InChI is InChI=1S/C16H20FNO/c17-13-8-4-7-12-10-15(19-16(12)13)14(18)9-11-5-2-1-3-6-11/h4,7-8,10-11,14H,1-3,5-6,9,18H2. The number of para-hydroxylation sites is 1. The van der Waals surface area contributed by atoms with Gasteiger partial charge in [0, 0.05) is 5.39 Å². The van der Waals surface area contributed by atoms with Crippen molar-refractivity contribution in [2.45, 2.75) is 44.6 Å². The smallest absolute Gasteiger partial charge is 0.169 e. The van der Waals surface area contributed by atoms with Gasteiger partial charge in [-0.3, -0.25) is 0 Å². The molecule has 1 heterocycles. The number of nitrogens with two attached hydrogens (primary N) is 1. The highest BCUT2D eigenvalue weighted by Crippen LogP contribution is 2.33. The van der Waals surface area contributed by atoms with E-state index >= 15 is 0 Å². The molecular weight excluding hydrogens is 241 g/mol. The van der Waals surface area contributed by atoms with Gasteiger partial charge in [-0.1, -0.05) is 44.2 Å². The van der Waals surface area contributed by atoms with Crippen molar-refractivity contribution in [1.29, 1.82) is 0 Å². The summed E-state index contributed by atoms with van der Waals surface area (Å²) < 4.78 is 19.2. The molecule has 2 nitrogen and oxygen atoms in total. The van der Waals surface area contributed by atoms with Crippen LogP contribution in [0.25, 0.3) is 11.0 Å². The number of rotatable bonds is 3. The summed E-state index contributed by atoms with van der Waals surface area (Å²) in [6.45, 7) is 0. The molecule has 0 aliphatic heterocycles. The summed E-state index contributed by atoms with van der Waals surface area (Å²) in [6, 6.07) is 6.74. The summed E-state index contributed by atoms with van der Waals surface area (Å²) >= 11 is 0. The monoisotopic (exact) mass is 261 g/mol. The van der Waals surface area contributed by atoms with Crippen molar-refractivity contribution in [2.24, 2.45) is 11.7 Å². The van der Waals surface area contributed by atoms with Gasteiger partial charge >= 0.3 is 0 Å². The first-order chi connectivity index (χ1) is 9.24. The van der Waals surface area contributed by atoms with Crippen molar-refractivity contribution in [3.8, 4) is 0 Å². The number of fused-ring (bicyclic) bond motifs is 1. The first-order valence-corrected chi connectivity index (χ1v) is 7.17. The summed E-state index contributed by atoms with van der Waals surface area (Å²) in [6.07, 6.45) is 7.45. The Balaban J connectivity index is 1.77. The van der Waals surface area contributed by atoms with Gasteiger partial charge in [0.05, 0.1) is 6.04 Å². The lowest BCUT2D eigenvalue weighted by atomic mass is 9.84. The van der Waals surface area contributed by atoms with Gasteiger partial charge in [0.2, 0.25) is 0 Å². The van der Waals surface area contributed by atoms with Crippen LogP contribution >= 0.6 is 0 Å². The second-order valence-corrected chi connectivity index (χ2v) is 5.65. The molecule has 0 spiro atoms. The van der Waals surface area contributed by atoms with E-state index in [1.54, 1.807) is 6.07 Å². The topological polar surface area (TPSA) is 39.2 Å². The molecule has 1 aromatic carbocycles. The minimum Gasteiger partial charge on any atom is -0.456 e. The molecule has 1 aliphatic carbocycles. The van der Waals surface area contributed by atoms with Crippen molar-refractivity contribution in [3.05, 3.63) is 35.8 Å². The Kier molecular flexibility index (Phi) is 3.56. The van der Waals surface area contributed by atoms with Crippen molar-refractivity contribution < 1.29 is 8.81 Å². The third-order valence-corrected chi connectivity index (χ3v) is 4.19. The molecule has 0 amide bonds. The fourth-order valence-electron chi connectivity index (χ4n) is 3.13. The van der Waals surface area contributed by atoms with Gasteiger partial charge < -0.3 is 10.2 Å². The Morgan fingerprint density at radius 3 is 2.79 bits per heavy atom. The maximum Gasteiger partial charge on any atom is 0.169 e. The molecule has 3 heteroatoms. The Hall–Kier alpha value is -1.35. The Bertz CT molecular complexity index is 557. The molecular formula is C16H20FNO. The fraction of sp³-hybridized carbons (Fsp3) is 0.500. The van der Waals surface area contributed by atoms with Gasteiger partial charge in [0.1, 0.15) is 5.76 Å². The van der Waals surface area contributed by atoms with Crippen LogP contribution in [-0.2, 0) is 0 Å². The van der Waals surface area contributed by atoms with Crippen LogP contribution < -0.4 is 5.73 Å². The molecule has 0 radical (unpaired) electrons. The third-order valence-electron chi connectivity index (χ3n) is 4.19. The van der Waals surface area contributed by atoms with Crippen molar-refractivity contribution in [3.63, 3.8) is 0 Å². The quantitative estimate of drug-likeness (QED) is 0.880. The van der Waals surface area contributed by atoms with Crippen LogP contribution in [0.4, 0.5) is 4.39 Å². The predicted octanol–water partition coefficient (Wildman–Crippen LogP) is 4.54. The molecule has 1 fully saturated rings. The highest BCUT2D eigenvalue weighted by molar-refractivity contribution is 5.78. The average molecular weight is 261 g/mol. The largest absolute Gasteiger partial charge is 0.456 e. The van der Waals surface area contributed by atoms with Crippen LogP contribution in [-0.4, -0.2) is 0 Å². The first-order valence-electron chi connectivity index (χ1n) is 7.17. The first kappa shape index (κ1) is 12.7. The molecule has 2 aromatic rings. The van der Waals surface area contributed by atoms with Gasteiger partial charge in [-0.25, -0.2) is 4.39 Å². The van der Waals surface area contributed by atoms with E-state index in [9.17, 15) is 4.39 Å². The zero-order valence-corrected chi connectivity index (χ0v) is 11.1. The van der Waals surface area contributed by atoms with Gasteiger partial charge in [-0.15, -0.1) is 0 Å². The second-order valence-electron chi connectivity index (χ2n) is 5.65. The van der Waals surface area contributed by atoms with Gasteiger partial charge in [0.15, 0.2) is 11.4 Å². The van der Waals surface area contributed by atoms with E-state index in [4.69, 9.17) is 10.2 Å². The lowest BCUT2D eigenvalue weighted by molar-refractivity contribution is 0.306. The van der Waals surface area contributed by atoms with Crippen LogP contribution in [0.3, 0.4) is 0 Å². The van der Waals surface area contributed by atoms with E-state index in [1.807, 2.05) is 12.1 Å². The van der Waals surface area contributed by atoms with E-state index in [0.29, 0.717) is 17.3 Å². The van der Waals surface area contributed by atoms with Crippen LogP contribution in [0.2, 0.25) is 0 Å². The van der Waals surface area contributed by atoms with E-state index < -0.39 is 0 Å². The van der Waals surface area contributed by atoms with Crippen molar-refractivity contribution in [2.75, 3.05) is 0 Å². The highest BCUT2D eigenvalue weighted by Gasteiger charge is 2.20. The molecule has 3 rings (SSSR count). The van der Waals surface area contributed by atoms with Crippen LogP contribution in [0.5, 0.6) is 0 Å². The summed E-state index contributed by atoms with van der Waals surface area (Å²) in [5.74, 6) is 1.10. The Morgan fingerprint density at radius 1 is 1.26 bits per heavy atom. The van der Waals surface area contributed by atoms with Crippen LogP contribution in [0, 0.1) is 11.7 Å². The summed E-state index contributed by atoms with van der Waals surface area (Å²) in [4.78, 5) is 0. The van der Waals surface area contributed by atoms with Crippen molar-refractivity contribution >= 4 is 11.0 Å². The maximum atomic E-state index is 13.6. The second kappa shape index (κ2) is 5.33. The molecule has 0 bridgehead atoms. The molecule has 102 valence electrons. The zero-order valence-electron chi connectivity index (χ0n) is 11.1. The zero-order chi connectivity index (χ0) is 13.2. The van der Waals surface area contributed by atoms with Gasteiger partial charge in [-0.05, 0) is 24.5 Å². The Morgan fingerprint density at radius 2 is 2.05 bits per heavy atom. The van der Waals surface area contributed by atoms with E-state index in [2.05, 4.69) is 0 Å². The minimum absolute atomic E-state index is 0.116. The lowest BCUT2D eigenvalue weighted by Gasteiger charge is -2.23. The lowest BCUT2D eigenvalue weighted by Crippen LogP contribution is -2.16. The number of hydrogen-bond donors (Lipinski definition) is 1. The number of benzene rings is 1. The number of halogens is 1. The van der Waals surface area contributed by atoms with Crippen molar-refractivity contribution in [1.82, 2.24) is 0 Å².